The number of hydrogen-bond donors (Lipinski definition) is 15. The van der Waals surface area contributed by atoms with Crippen molar-refractivity contribution in [3.8, 4) is 0 Å². The number of ether oxygens (including phenoxy) is 11. The van der Waals surface area contributed by atoms with Crippen molar-refractivity contribution in [3.05, 3.63) is 11.6 Å². The van der Waals surface area contributed by atoms with Crippen molar-refractivity contribution < 1.29 is 129 Å². The lowest BCUT2D eigenvalue weighted by atomic mass is 9.47. The monoisotopic (exact) mass is 1180 g/mol. The van der Waals surface area contributed by atoms with E-state index in [9.17, 15) is 76.6 Å². The Morgan fingerprint density at radius 2 is 1.20 bits per heavy atom. The highest BCUT2D eigenvalue weighted by Crippen LogP contribution is 2.70. The molecule has 15 N–H and O–H groups in total. The second kappa shape index (κ2) is 24.9. The minimum atomic E-state index is -1.87. The van der Waals surface area contributed by atoms with Gasteiger partial charge in [0.25, 0.3) is 0 Å². The van der Waals surface area contributed by atoms with Gasteiger partial charge in [-0.2, -0.15) is 0 Å². The average Bonchev–Trinajstić information content (AvgIpc) is 4.04. The van der Waals surface area contributed by atoms with E-state index in [1.807, 2.05) is 6.92 Å². The third kappa shape index (κ3) is 11.6. The van der Waals surface area contributed by atoms with E-state index in [0.29, 0.717) is 43.4 Å². The largest absolute Gasteiger partial charge is 0.394 e. The Labute approximate surface area is 476 Å². The summed E-state index contributed by atoms with van der Waals surface area (Å²) in [6, 6.07) is 0. The highest BCUT2D eigenvalue weighted by Gasteiger charge is 2.68. The molecule has 0 aromatic rings. The summed E-state index contributed by atoms with van der Waals surface area (Å²) < 4.78 is 68.0. The Morgan fingerprint density at radius 3 is 1.84 bits per heavy atom. The second-order valence-electron chi connectivity index (χ2n) is 26.2. The van der Waals surface area contributed by atoms with E-state index in [1.54, 1.807) is 0 Å². The zero-order chi connectivity index (χ0) is 59.2. The lowest BCUT2D eigenvalue weighted by molar-refractivity contribution is -0.407. The summed E-state index contributed by atoms with van der Waals surface area (Å²) in [6.07, 6.45) is -29.4. The Balaban J connectivity index is 0.844. The second-order valence-corrected chi connectivity index (χ2v) is 26.2. The van der Waals surface area contributed by atoms with Crippen LogP contribution in [0, 0.1) is 46.3 Å². The van der Waals surface area contributed by atoms with Crippen LogP contribution in [0.25, 0.3) is 0 Å². The van der Waals surface area contributed by atoms with Crippen molar-refractivity contribution in [1.82, 2.24) is 0 Å². The number of fused-ring (bicyclic) bond motifs is 7. The predicted octanol–water partition coefficient (Wildman–Crippen LogP) is -3.52. The lowest BCUT2D eigenvalue weighted by Crippen LogP contribution is -2.68. The van der Waals surface area contributed by atoms with Crippen molar-refractivity contribution in [1.29, 1.82) is 0 Å². The van der Waals surface area contributed by atoms with E-state index in [1.165, 1.54) is 19.4 Å². The van der Waals surface area contributed by atoms with Crippen molar-refractivity contribution in [2.45, 2.75) is 265 Å². The zero-order valence-corrected chi connectivity index (χ0v) is 47.4. The molecule has 35 atom stereocenters. The van der Waals surface area contributed by atoms with Crippen LogP contribution in [-0.4, -0.2) is 268 Å². The molecular formula is C56H92O26. The van der Waals surface area contributed by atoms with Gasteiger partial charge >= 0.3 is 0 Å². The van der Waals surface area contributed by atoms with E-state index in [-0.39, 0.29) is 41.3 Å². The number of aliphatic hydroxyl groups excluding tert-OH is 14. The molecular weight excluding hydrogens is 1090 g/mol. The fraction of sp³-hybridized carbons (Fsp3) is 0.964. The summed E-state index contributed by atoms with van der Waals surface area (Å²) in [5, 5.41) is 161. The lowest BCUT2D eigenvalue weighted by Gasteiger charge is -2.58. The summed E-state index contributed by atoms with van der Waals surface area (Å²) in [5.41, 5.74) is 0.886. The van der Waals surface area contributed by atoms with Crippen LogP contribution in [0.5, 0.6) is 0 Å². The molecule has 10 aliphatic rings. The average molecular weight is 1180 g/mol. The minimum Gasteiger partial charge on any atom is -0.394 e. The standard InChI is InChI=1S/C56H92O26/c1-21(19-72-49-43(68)41(66)38(63)32(17-57)77-49)9-14-56(71)22(2)34-31(82-56)16-29-27-8-7-25-15-26(10-12-54(25,5)28(27)11-13-55(29,34)6)76-53-48(81-52-45(70)40(65)36(61)24(4)75-52)47(80-50-42(67)37(62)30(59)20-73-50)46(33(18-58)78-53)79-51-44(69)39(64)35(60)23(3)74-51/h7,21-24,26-53,57-71H,8-20H2,1-6H3/t21-,22+,23+,24+,26+,27-,28+,29+,30-,31+,32-,33-,34+,35+,36+,37+,38-,39-,40-,41+,42-,43-,44-,45-,46-,47+,48-,49-,50+,51+,52+,53-,54+,55+,56?/m1/s1. The molecule has 4 aliphatic carbocycles. The van der Waals surface area contributed by atoms with Gasteiger partial charge in [0.1, 0.15) is 104 Å². The maximum absolute atomic E-state index is 12.2. The molecule has 0 bridgehead atoms. The predicted molar refractivity (Wildman–Crippen MR) is 275 cm³/mol. The van der Waals surface area contributed by atoms with Gasteiger partial charge in [-0.15, -0.1) is 0 Å². The van der Waals surface area contributed by atoms with Gasteiger partial charge in [0.15, 0.2) is 37.2 Å². The number of aliphatic hydroxyl groups is 15. The van der Waals surface area contributed by atoms with E-state index >= 15 is 0 Å². The first-order valence-electron chi connectivity index (χ1n) is 29.7. The maximum atomic E-state index is 12.2. The summed E-state index contributed by atoms with van der Waals surface area (Å²) >= 11 is 0. The molecule has 26 nitrogen and oxygen atoms in total. The topological polar surface area (TPSA) is 405 Å². The fourth-order valence-corrected chi connectivity index (χ4v) is 16.1. The molecule has 0 radical (unpaired) electrons. The Hall–Kier alpha value is -1.30. The van der Waals surface area contributed by atoms with Crippen LogP contribution < -0.4 is 0 Å². The van der Waals surface area contributed by atoms with Gasteiger partial charge in [-0.3, -0.25) is 0 Å². The molecule has 3 saturated carbocycles. The zero-order valence-electron chi connectivity index (χ0n) is 47.4. The Kier molecular flexibility index (Phi) is 19.4. The molecule has 26 heteroatoms. The summed E-state index contributed by atoms with van der Waals surface area (Å²) in [4.78, 5) is 0. The third-order valence-electron chi connectivity index (χ3n) is 21.2. The highest BCUT2D eigenvalue weighted by molar-refractivity contribution is 5.26. The number of rotatable bonds is 16. The van der Waals surface area contributed by atoms with Crippen molar-refractivity contribution in [2.24, 2.45) is 46.3 Å². The molecule has 82 heavy (non-hydrogen) atoms. The van der Waals surface area contributed by atoms with E-state index < -0.39 is 179 Å². The first kappa shape index (κ1) is 63.7. The molecule has 10 rings (SSSR count). The van der Waals surface area contributed by atoms with Gasteiger partial charge in [-0.1, -0.05) is 39.3 Å². The van der Waals surface area contributed by atoms with Crippen LogP contribution in [0.1, 0.15) is 99.3 Å². The smallest absolute Gasteiger partial charge is 0.187 e. The fourth-order valence-electron chi connectivity index (χ4n) is 16.1. The highest BCUT2D eigenvalue weighted by atomic mass is 16.8. The number of hydrogen-bond acceptors (Lipinski definition) is 26. The van der Waals surface area contributed by atoms with Crippen LogP contribution in [-0.2, 0) is 52.1 Å². The van der Waals surface area contributed by atoms with Crippen LogP contribution in [0.3, 0.4) is 0 Å². The van der Waals surface area contributed by atoms with Crippen LogP contribution in [0.15, 0.2) is 11.6 Å². The molecule has 0 aromatic carbocycles. The quantitative estimate of drug-likeness (QED) is 0.0666. The Morgan fingerprint density at radius 1 is 0.610 bits per heavy atom. The summed E-state index contributed by atoms with van der Waals surface area (Å²) in [7, 11) is 0. The van der Waals surface area contributed by atoms with Gasteiger partial charge in [0, 0.05) is 12.3 Å². The molecule has 0 amide bonds. The molecule has 6 heterocycles. The van der Waals surface area contributed by atoms with Gasteiger partial charge in [-0.25, -0.2) is 0 Å². The Bertz CT molecular complexity index is 2170. The molecule has 472 valence electrons. The first-order chi connectivity index (χ1) is 38.7. The summed E-state index contributed by atoms with van der Waals surface area (Å²) in [6.45, 7) is 9.92. The van der Waals surface area contributed by atoms with E-state index in [4.69, 9.17) is 52.1 Å². The molecule has 9 fully saturated rings. The third-order valence-corrected chi connectivity index (χ3v) is 21.2. The van der Waals surface area contributed by atoms with Crippen molar-refractivity contribution >= 4 is 0 Å². The number of allylic oxidation sites excluding steroid dienone is 1. The first-order valence-corrected chi connectivity index (χ1v) is 29.7. The van der Waals surface area contributed by atoms with Crippen LogP contribution >= 0.6 is 0 Å². The minimum absolute atomic E-state index is 0.102. The normalized spacial score (nSPS) is 55.5. The van der Waals surface area contributed by atoms with Crippen LogP contribution in [0.4, 0.5) is 0 Å². The molecule has 6 saturated heterocycles. The van der Waals surface area contributed by atoms with Gasteiger partial charge in [0.2, 0.25) is 0 Å². The van der Waals surface area contributed by atoms with E-state index in [0.717, 1.165) is 32.1 Å². The summed E-state index contributed by atoms with van der Waals surface area (Å²) in [5.74, 6) is -0.536. The maximum Gasteiger partial charge on any atom is 0.187 e. The molecule has 6 aliphatic heterocycles. The van der Waals surface area contributed by atoms with Crippen molar-refractivity contribution in [2.75, 3.05) is 26.4 Å². The van der Waals surface area contributed by atoms with Crippen LogP contribution in [0.2, 0.25) is 0 Å². The molecule has 0 spiro atoms. The van der Waals surface area contributed by atoms with Gasteiger partial charge in [0.05, 0.1) is 50.8 Å². The van der Waals surface area contributed by atoms with Crippen molar-refractivity contribution in [3.63, 3.8) is 0 Å². The van der Waals surface area contributed by atoms with Gasteiger partial charge < -0.3 is 129 Å². The van der Waals surface area contributed by atoms with Gasteiger partial charge in [-0.05, 0) is 106 Å². The SMILES string of the molecule is C[C@H](CCC1(O)O[C@H]2C[C@H]3[C@@H]4CC=C5C[C@@H](O[C@@H]6O[C@H](CO)[C@@H](O[C@@H]7O[C@@H](C)[C@H](O)[C@@H](O)[C@H]7O)[C@H](O[C@@H]7OC[C@@H](O)[C@H](O)[C@H]7O)[C@H]6O[C@@H]6O[C@@H](C)[C@H](O)[C@@H](O)[C@H]6O)CC[C@]5(C)[C@H]4CC[C@]3(C)[C@H]2[C@@H]1C)CO[C@@H]1O[C@H](CO)[C@@H](O)[C@H](O)[C@H]1O. The van der Waals surface area contributed by atoms with E-state index in [2.05, 4.69) is 26.8 Å². The molecule has 0 aromatic heterocycles. The molecule has 1 unspecified atom stereocenters.